The van der Waals surface area contributed by atoms with Gasteiger partial charge in [0.15, 0.2) is 0 Å². The molecule has 94 valence electrons. The van der Waals surface area contributed by atoms with E-state index in [1.807, 2.05) is 24.5 Å². The van der Waals surface area contributed by atoms with Crippen LogP contribution >= 0.6 is 0 Å². The molecular weight excluding hydrogens is 222 g/mol. The molecule has 1 N–H and O–H groups in total. The number of pyridine rings is 2. The molecule has 2 heterocycles. The van der Waals surface area contributed by atoms with Crippen molar-refractivity contribution < 1.29 is 0 Å². The van der Waals surface area contributed by atoms with Crippen molar-refractivity contribution in [1.29, 1.82) is 0 Å². The first-order valence-corrected chi connectivity index (χ1v) is 6.34. The van der Waals surface area contributed by atoms with E-state index in [1.165, 1.54) is 11.1 Å². The number of likely N-dealkylation sites (N-methyl/N-ethyl adjacent to an activating group) is 1. The Bertz CT molecular complexity index is 482. The van der Waals surface area contributed by atoms with E-state index in [0.717, 1.165) is 18.7 Å². The van der Waals surface area contributed by atoms with Gasteiger partial charge in [0.2, 0.25) is 0 Å². The molecule has 0 aliphatic heterocycles. The van der Waals surface area contributed by atoms with E-state index in [1.54, 1.807) is 6.20 Å². The molecule has 2 aromatic heterocycles. The molecule has 1 atom stereocenters. The van der Waals surface area contributed by atoms with Crippen LogP contribution in [0, 0.1) is 6.92 Å². The molecule has 0 saturated carbocycles. The zero-order valence-electron chi connectivity index (χ0n) is 10.9. The van der Waals surface area contributed by atoms with E-state index in [-0.39, 0.29) is 6.04 Å². The van der Waals surface area contributed by atoms with Crippen molar-refractivity contribution in [2.24, 2.45) is 0 Å². The zero-order chi connectivity index (χ0) is 12.8. The number of aryl methyl sites for hydroxylation is 1. The Morgan fingerprint density at radius 2 is 2.17 bits per heavy atom. The molecule has 3 heteroatoms. The van der Waals surface area contributed by atoms with Crippen molar-refractivity contribution in [1.82, 2.24) is 15.3 Å². The van der Waals surface area contributed by atoms with Crippen molar-refractivity contribution >= 4 is 0 Å². The van der Waals surface area contributed by atoms with Crippen LogP contribution in [0.15, 0.2) is 42.9 Å². The average molecular weight is 241 g/mol. The number of nitrogens with zero attached hydrogens (tertiary/aromatic N) is 2. The van der Waals surface area contributed by atoms with E-state index in [2.05, 4.69) is 41.3 Å². The van der Waals surface area contributed by atoms with Crippen LogP contribution in [-0.4, -0.2) is 16.5 Å². The van der Waals surface area contributed by atoms with Crippen molar-refractivity contribution in [2.75, 3.05) is 6.54 Å². The summed E-state index contributed by atoms with van der Waals surface area (Å²) in [4.78, 5) is 8.63. The monoisotopic (exact) mass is 241 g/mol. The molecule has 3 nitrogen and oxygen atoms in total. The van der Waals surface area contributed by atoms with Crippen molar-refractivity contribution in [3.63, 3.8) is 0 Å². The number of nitrogens with one attached hydrogen (secondary N) is 1. The second kappa shape index (κ2) is 6.26. The molecule has 0 bridgehead atoms. The zero-order valence-corrected chi connectivity index (χ0v) is 10.9. The highest BCUT2D eigenvalue weighted by molar-refractivity contribution is 5.20. The summed E-state index contributed by atoms with van der Waals surface area (Å²) in [7, 11) is 0. The van der Waals surface area contributed by atoms with Crippen LogP contribution in [-0.2, 0) is 6.42 Å². The molecule has 0 aliphatic carbocycles. The van der Waals surface area contributed by atoms with Crippen molar-refractivity contribution in [2.45, 2.75) is 26.3 Å². The highest BCUT2D eigenvalue weighted by Gasteiger charge is 2.12. The van der Waals surface area contributed by atoms with Gasteiger partial charge in [-0.25, -0.2) is 0 Å². The van der Waals surface area contributed by atoms with E-state index in [4.69, 9.17) is 0 Å². The lowest BCUT2D eigenvalue weighted by atomic mass is 10.0. The van der Waals surface area contributed by atoms with E-state index in [0.29, 0.717) is 0 Å². The Labute approximate surface area is 108 Å². The molecule has 1 unspecified atom stereocenters. The number of aromatic nitrogens is 2. The first-order chi connectivity index (χ1) is 8.79. The standard InChI is InChI=1S/C15H19N3/c1-3-17-15(10-13-5-4-7-16-11-13)14-9-12(2)6-8-18-14/h4-9,11,15,17H,3,10H2,1-2H3. The minimum atomic E-state index is 0.249. The summed E-state index contributed by atoms with van der Waals surface area (Å²) in [6.45, 7) is 5.14. The third kappa shape index (κ3) is 3.37. The van der Waals surface area contributed by atoms with Crippen LogP contribution in [0.5, 0.6) is 0 Å². The fourth-order valence-electron chi connectivity index (χ4n) is 2.03. The maximum Gasteiger partial charge on any atom is 0.0579 e. The number of hydrogen-bond acceptors (Lipinski definition) is 3. The largest absolute Gasteiger partial charge is 0.309 e. The Balaban J connectivity index is 2.18. The molecule has 0 spiro atoms. The van der Waals surface area contributed by atoms with E-state index in [9.17, 15) is 0 Å². The second-order valence-corrected chi connectivity index (χ2v) is 4.43. The minimum Gasteiger partial charge on any atom is -0.309 e. The summed E-state index contributed by atoms with van der Waals surface area (Å²) in [5, 5.41) is 3.48. The molecule has 0 fully saturated rings. The third-order valence-electron chi connectivity index (χ3n) is 2.91. The normalized spacial score (nSPS) is 12.3. The van der Waals surface area contributed by atoms with Crippen LogP contribution in [0.2, 0.25) is 0 Å². The molecule has 0 aromatic carbocycles. The molecule has 0 amide bonds. The van der Waals surface area contributed by atoms with Crippen LogP contribution in [0.3, 0.4) is 0 Å². The number of hydrogen-bond donors (Lipinski definition) is 1. The van der Waals surface area contributed by atoms with Gasteiger partial charge in [-0.3, -0.25) is 9.97 Å². The minimum absolute atomic E-state index is 0.249. The predicted octanol–water partition coefficient (Wildman–Crippen LogP) is 2.68. The predicted molar refractivity (Wildman–Crippen MR) is 73.3 cm³/mol. The molecule has 2 rings (SSSR count). The SMILES string of the molecule is CCNC(Cc1cccnc1)c1cc(C)ccn1. The Kier molecular flexibility index (Phi) is 4.42. The van der Waals surface area contributed by atoms with Gasteiger partial charge in [-0.2, -0.15) is 0 Å². The maximum absolute atomic E-state index is 4.47. The summed E-state index contributed by atoms with van der Waals surface area (Å²) < 4.78 is 0. The van der Waals surface area contributed by atoms with E-state index < -0.39 is 0 Å². The summed E-state index contributed by atoms with van der Waals surface area (Å²) in [6, 6.07) is 8.49. The van der Waals surface area contributed by atoms with Gasteiger partial charge in [-0.15, -0.1) is 0 Å². The highest BCUT2D eigenvalue weighted by atomic mass is 14.9. The fraction of sp³-hybridized carbons (Fsp3) is 0.333. The average Bonchev–Trinajstić information content (AvgIpc) is 2.39. The summed E-state index contributed by atoms with van der Waals surface area (Å²) in [6.07, 6.45) is 6.51. The topological polar surface area (TPSA) is 37.8 Å². The molecule has 0 saturated heterocycles. The lowest BCUT2D eigenvalue weighted by Gasteiger charge is -2.17. The van der Waals surface area contributed by atoms with Crippen LogP contribution in [0.25, 0.3) is 0 Å². The van der Waals surface area contributed by atoms with Crippen LogP contribution < -0.4 is 5.32 Å². The molecular formula is C15H19N3. The van der Waals surface area contributed by atoms with Gasteiger partial charge in [0.25, 0.3) is 0 Å². The first-order valence-electron chi connectivity index (χ1n) is 6.34. The van der Waals surface area contributed by atoms with Gasteiger partial charge >= 0.3 is 0 Å². The smallest absolute Gasteiger partial charge is 0.0579 e. The van der Waals surface area contributed by atoms with Crippen molar-refractivity contribution in [3.8, 4) is 0 Å². The Morgan fingerprint density at radius 3 is 2.83 bits per heavy atom. The fourth-order valence-corrected chi connectivity index (χ4v) is 2.03. The lowest BCUT2D eigenvalue weighted by Crippen LogP contribution is -2.24. The Morgan fingerprint density at radius 1 is 1.28 bits per heavy atom. The van der Waals surface area contributed by atoms with Crippen LogP contribution in [0.4, 0.5) is 0 Å². The molecule has 2 aromatic rings. The summed E-state index contributed by atoms with van der Waals surface area (Å²) in [5.41, 5.74) is 3.57. The van der Waals surface area contributed by atoms with E-state index >= 15 is 0 Å². The Hall–Kier alpha value is -1.74. The third-order valence-corrected chi connectivity index (χ3v) is 2.91. The highest BCUT2D eigenvalue weighted by Crippen LogP contribution is 2.16. The van der Waals surface area contributed by atoms with Gasteiger partial charge in [0.1, 0.15) is 0 Å². The van der Waals surface area contributed by atoms with Crippen LogP contribution in [0.1, 0.15) is 29.8 Å². The first kappa shape index (κ1) is 12.7. The lowest BCUT2D eigenvalue weighted by molar-refractivity contribution is 0.535. The van der Waals surface area contributed by atoms with Gasteiger partial charge < -0.3 is 5.32 Å². The molecule has 0 aliphatic rings. The summed E-state index contributed by atoms with van der Waals surface area (Å²) in [5.74, 6) is 0. The van der Waals surface area contributed by atoms with Gasteiger partial charge in [0, 0.05) is 18.6 Å². The summed E-state index contributed by atoms with van der Waals surface area (Å²) >= 11 is 0. The van der Waals surface area contributed by atoms with Crippen molar-refractivity contribution in [3.05, 3.63) is 59.7 Å². The molecule has 0 radical (unpaired) electrons. The quantitative estimate of drug-likeness (QED) is 0.874. The number of rotatable bonds is 5. The second-order valence-electron chi connectivity index (χ2n) is 4.43. The van der Waals surface area contributed by atoms with Gasteiger partial charge in [-0.05, 0) is 49.2 Å². The maximum atomic E-state index is 4.47. The molecule has 18 heavy (non-hydrogen) atoms. The van der Waals surface area contributed by atoms with Gasteiger partial charge in [0.05, 0.1) is 11.7 Å². The van der Waals surface area contributed by atoms with Gasteiger partial charge in [-0.1, -0.05) is 13.0 Å².